The summed E-state index contributed by atoms with van der Waals surface area (Å²) in [4.78, 5) is 13.8. The molecular formula is C12H19NO3. The zero-order valence-corrected chi connectivity index (χ0v) is 10.2. The number of rotatable bonds is 0. The van der Waals surface area contributed by atoms with Crippen LogP contribution in [0.4, 0.5) is 4.79 Å². The van der Waals surface area contributed by atoms with Crippen molar-refractivity contribution in [2.75, 3.05) is 19.8 Å². The summed E-state index contributed by atoms with van der Waals surface area (Å²) in [6.45, 7) is 7.52. The zero-order chi connectivity index (χ0) is 11.8. The first-order chi connectivity index (χ1) is 7.43. The Morgan fingerprint density at radius 1 is 1.38 bits per heavy atom. The first-order valence-corrected chi connectivity index (χ1v) is 5.66. The lowest BCUT2D eigenvalue weighted by Crippen LogP contribution is -2.65. The Morgan fingerprint density at radius 3 is 2.56 bits per heavy atom. The van der Waals surface area contributed by atoms with Crippen molar-refractivity contribution in [3.63, 3.8) is 0 Å². The molecule has 1 amide bonds. The van der Waals surface area contributed by atoms with Gasteiger partial charge in [0.2, 0.25) is 0 Å². The van der Waals surface area contributed by atoms with E-state index in [9.17, 15) is 4.79 Å². The van der Waals surface area contributed by atoms with Crippen molar-refractivity contribution in [3.8, 4) is 0 Å². The van der Waals surface area contributed by atoms with Gasteiger partial charge in [0, 0.05) is 6.54 Å². The van der Waals surface area contributed by atoms with Crippen molar-refractivity contribution >= 4 is 6.09 Å². The number of nitrogens with zero attached hydrogens (tertiary/aromatic N) is 1. The molecule has 90 valence electrons. The molecule has 0 bridgehead atoms. The summed E-state index contributed by atoms with van der Waals surface area (Å²) in [6, 6.07) is 0. The maximum absolute atomic E-state index is 12.0. The molecule has 2 aliphatic rings. The predicted molar refractivity (Wildman–Crippen MR) is 60.2 cm³/mol. The van der Waals surface area contributed by atoms with Gasteiger partial charge in [-0.1, -0.05) is 12.2 Å². The van der Waals surface area contributed by atoms with Gasteiger partial charge in [0.05, 0.1) is 18.8 Å². The molecule has 0 atom stereocenters. The van der Waals surface area contributed by atoms with E-state index >= 15 is 0 Å². The summed E-state index contributed by atoms with van der Waals surface area (Å²) in [6.07, 6.45) is 4.75. The highest BCUT2D eigenvalue weighted by atomic mass is 16.6. The van der Waals surface area contributed by atoms with E-state index in [-0.39, 0.29) is 11.6 Å². The third kappa shape index (κ3) is 2.07. The molecule has 1 fully saturated rings. The summed E-state index contributed by atoms with van der Waals surface area (Å²) < 4.78 is 10.6. The van der Waals surface area contributed by atoms with Gasteiger partial charge in [0.25, 0.3) is 0 Å². The van der Waals surface area contributed by atoms with Crippen molar-refractivity contribution in [2.45, 2.75) is 38.3 Å². The Morgan fingerprint density at radius 2 is 2.06 bits per heavy atom. The van der Waals surface area contributed by atoms with E-state index in [0.29, 0.717) is 19.8 Å². The summed E-state index contributed by atoms with van der Waals surface area (Å²) in [5, 5.41) is 0. The Bertz CT molecular complexity index is 313. The molecule has 0 aromatic heterocycles. The van der Waals surface area contributed by atoms with Crippen LogP contribution in [-0.4, -0.2) is 41.9 Å². The normalized spacial score (nSPS) is 23.1. The van der Waals surface area contributed by atoms with Gasteiger partial charge in [-0.05, 0) is 27.2 Å². The largest absolute Gasteiger partial charge is 0.444 e. The number of carbonyl (C=O) groups is 1. The van der Waals surface area contributed by atoms with Crippen molar-refractivity contribution in [1.29, 1.82) is 0 Å². The highest BCUT2D eigenvalue weighted by Gasteiger charge is 2.47. The molecule has 4 heteroatoms. The van der Waals surface area contributed by atoms with Crippen LogP contribution < -0.4 is 0 Å². The van der Waals surface area contributed by atoms with Crippen LogP contribution in [-0.2, 0) is 9.47 Å². The molecule has 4 nitrogen and oxygen atoms in total. The fourth-order valence-electron chi connectivity index (χ4n) is 1.98. The summed E-state index contributed by atoms with van der Waals surface area (Å²) in [7, 11) is 0. The lowest BCUT2D eigenvalue weighted by molar-refractivity contribution is -0.134. The topological polar surface area (TPSA) is 38.8 Å². The van der Waals surface area contributed by atoms with Gasteiger partial charge in [-0.15, -0.1) is 0 Å². The van der Waals surface area contributed by atoms with Crippen LogP contribution in [0.1, 0.15) is 27.2 Å². The van der Waals surface area contributed by atoms with Gasteiger partial charge in [0.1, 0.15) is 5.60 Å². The molecule has 2 heterocycles. The second-order valence-corrected chi connectivity index (χ2v) is 5.48. The quantitative estimate of drug-likeness (QED) is 0.591. The molecule has 1 spiro atoms. The minimum Gasteiger partial charge on any atom is -0.444 e. The van der Waals surface area contributed by atoms with E-state index in [1.807, 2.05) is 26.8 Å². The average Bonchev–Trinajstić information content (AvgIpc) is 2.12. The van der Waals surface area contributed by atoms with Gasteiger partial charge in [0.15, 0.2) is 0 Å². The van der Waals surface area contributed by atoms with Crippen molar-refractivity contribution in [2.24, 2.45) is 0 Å². The number of ether oxygens (including phenoxy) is 2. The minimum absolute atomic E-state index is 0.142. The molecular weight excluding hydrogens is 206 g/mol. The van der Waals surface area contributed by atoms with E-state index < -0.39 is 5.60 Å². The Labute approximate surface area is 96.2 Å². The van der Waals surface area contributed by atoms with Crippen molar-refractivity contribution in [3.05, 3.63) is 12.2 Å². The van der Waals surface area contributed by atoms with E-state index in [2.05, 4.69) is 6.08 Å². The minimum atomic E-state index is -0.440. The van der Waals surface area contributed by atoms with Crippen LogP contribution in [0.25, 0.3) is 0 Å². The summed E-state index contributed by atoms with van der Waals surface area (Å²) >= 11 is 0. The maximum Gasteiger partial charge on any atom is 0.411 e. The highest BCUT2D eigenvalue weighted by Crippen LogP contribution is 2.33. The monoisotopic (exact) mass is 225 g/mol. The van der Waals surface area contributed by atoms with Crippen LogP contribution >= 0.6 is 0 Å². The van der Waals surface area contributed by atoms with E-state index in [1.165, 1.54) is 0 Å². The summed E-state index contributed by atoms with van der Waals surface area (Å²) in [5.41, 5.74) is -0.582. The van der Waals surface area contributed by atoms with E-state index in [1.54, 1.807) is 4.90 Å². The van der Waals surface area contributed by atoms with Gasteiger partial charge < -0.3 is 9.47 Å². The zero-order valence-electron chi connectivity index (χ0n) is 10.2. The highest BCUT2D eigenvalue weighted by molar-refractivity contribution is 5.70. The van der Waals surface area contributed by atoms with Gasteiger partial charge in [-0.3, -0.25) is 4.90 Å². The maximum atomic E-state index is 12.0. The van der Waals surface area contributed by atoms with Crippen molar-refractivity contribution in [1.82, 2.24) is 4.90 Å². The molecule has 1 saturated heterocycles. The Balaban J connectivity index is 2.07. The first-order valence-electron chi connectivity index (χ1n) is 5.66. The number of hydrogen-bond donors (Lipinski definition) is 0. The molecule has 0 saturated carbocycles. The summed E-state index contributed by atoms with van der Waals surface area (Å²) in [5.74, 6) is 0. The fraction of sp³-hybridized carbons (Fsp3) is 0.750. The van der Waals surface area contributed by atoms with Crippen LogP contribution in [0.15, 0.2) is 12.2 Å². The lowest BCUT2D eigenvalue weighted by atomic mass is 9.88. The van der Waals surface area contributed by atoms with Crippen molar-refractivity contribution < 1.29 is 14.3 Å². The molecule has 2 aliphatic heterocycles. The number of carbonyl (C=O) groups excluding carboxylic acids is 1. The number of amides is 1. The van der Waals surface area contributed by atoms with Gasteiger partial charge in [-0.25, -0.2) is 4.79 Å². The molecule has 0 N–H and O–H groups in total. The third-order valence-corrected chi connectivity index (χ3v) is 2.88. The SMILES string of the molecule is CC(C)(C)OC(=O)N1CC=CCC12COC2. The van der Waals surface area contributed by atoms with Gasteiger partial charge in [-0.2, -0.15) is 0 Å². The number of hydrogen-bond acceptors (Lipinski definition) is 3. The predicted octanol–water partition coefficient (Wildman–Crippen LogP) is 1.95. The molecule has 0 unspecified atom stereocenters. The lowest BCUT2D eigenvalue weighted by Gasteiger charge is -2.50. The third-order valence-electron chi connectivity index (χ3n) is 2.88. The Kier molecular flexibility index (Phi) is 2.70. The second-order valence-electron chi connectivity index (χ2n) is 5.48. The molecule has 0 radical (unpaired) electrons. The molecule has 0 aromatic rings. The van der Waals surface area contributed by atoms with Crippen LogP contribution in [0.5, 0.6) is 0 Å². The van der Waals surface area contributed by atoms with Crippen LogP contribution in [0.2, 0.25) is 0 Å². The standard InChI is InChI=1S/C12H19NO3/c1-11(2,3)16-10(14)13-7-5-4-6-12(13)8-15-9-12/h4-5H,6-9H2,1-3H3. The second kappa shape index (κ2) is 3.77. The average molecular weight is 225 g/mol. The van der Waals surface area contributed by atoms with Crippen LogP contribution in [0.3, 0.4) is 0 Å². The van der Waals surface area contributed by atoms with Gasteiger partial charge >= 0.3 is 6.09 Å². The van der Waals surface area contributed by atoms with Crippen LogP contribution in [0, 0.1) is 0 Å². The first kappa shape index (κ1) is 11.5. The van der Waals surface area contributed by atoms with E-state index in [4.69, 9.17) is 9.47 Å². The molecule has 16 heavy (non-hydrogen) atoms. The molecule has 0 aromatic carbocycles. The Hall–Kier alpha value is -1.03. The molecule has 2 rings (SSSR count). The smallest absolute Gasteiger partial charge is 0.411 e. The van der Waals surface area contributed by atoms with E-state index in [0.717, 1.165) is 6.42 Å². The fourth-order valence-corrected chi connectivity index (χ4v) is 1.98. The molecule has 0 aliphatic carbocycles.